The number of halogens is 2. The molecule has 0 aliphatic carbocycles. The first-order chi connectivity index (χ1) is 8.43. The molecule has 100 valence electrons. The fourth-order valence-electron chi connectivity index (χ4n) is 1.57. The first kappa shape index (κ1) is 15.3. The van der Waals surface area contributed by atoms with Gasteiger partial charge < -0.3 is 11.1 Å². The number of carbonyl (C=O) groups excluding carboxylic acids is 1. The summed E-state index contributed by atoms with van der Waals surface area (Å²) in [5, 5.41) is 3.91. The van der Waals surface area contributed by atoms with Gasteiger partial charge in [-0.05, 0) is 37.1 Å². The van der Waals surface area contributed by atoms with Crippen LogP contribution >= 0.6 is 23.2 Å². The van der Waals surface area contributed by atoms with Crippen LogP contribution in [0.25, 0.3) is 0 Å². The van der Waals surface area contributed by atoms with Crippen molar-refractivity contribution in [2.45, 2.75) is 26.3 Å². The third-order valence-electron chi connectivity index (χ3n) is 2.76. The van der Waals surface area contributed by atoms with E-state index in [0.717, 1.165) is 5.56 Å². The van der Waals surface area contributed by atoms with E-state index in [1.807, 2.05) is 19.9 Å². The summed E-state index contributed by atoms with van der Waals surface area (Å²) < 4.78 is 0. The Balaban J connectivity index is 2.62. The summed E-state index contributed by atoms with van der Waals surface area (Å²) in [6.45, 7) is 4.36. The zero-order chi connectivity index (χ0) is 13.7. The zero-order valence-electron chi connectivity index (χ0n) is 10.5. The van der Waals surface area contributed by atoms with Gasteiger partial charge in [-0.15, -0.1) is 0 Å². The molecule has 1 aromatic rings. The monoisotopic (exact) mass is 288 g/mol. The lowest BCUT2D eigenvalue weighted by atomic mass is 10.1. The van der Waals surface area contributed by atoms with Crippen LogP contribution in [0.2, 0.25) is 10.0 Å². The zero-order valence-corrected chi connectivity index (χ0v) is 12.1. The molecule has 0 fully saturated rings. The number of nitrogens with two attached hydrogens (primary N) is 1. The van der Waals surface area contributed by atoms with Gasteiger partial charge in [-0.1, -0.05) is 36.2 Å². The molecule has 0 saturated carbocycles. The molecule has 0 saturated heterocycles. The number of hydrogen-bond donors (Lipinski definition) is 2. The number of carbonyl (C=O) groups is 1. The summed E-state index contributed by atoms with van der Waals surface area (Å²) in [5.74, 6) is 0.178. The van der Waals surface area contributed by atoms with Gasteiger partial charge in [-0.25, -0.2) is 0 Å². The molecular formula is C13H18Cl2N2O. The van der Waals surface area contributed by atoms with Crippen LogP contribution in [0.1, 0.15) is 31.9 Å². The number of hydrogen-bond acceptors (Lipinski definition) is 2. The lowest BCUT2D eigenvalue weighted by molar-refractivity contribution is -0.122. The highest BCUT2D eigenvalue weighted by Gasteiger charge is 2.13. The first-order valence-electron chi connectivity index (χ1n) is 5.88. The fraction of sp³-hybridized carbons (Fsp3) is 0.462. The van der Waals surface area contributed by atoms with Gasteiger partial charge in [0.25, 0.3) is 0 Å². The summed E-state index contributed by atoms with van der Waals surface area (Å²) in [5.41, 5.74) is 6.42. The van der Waals surface area contributed by atoms with E-state index >= 15 is 0 Å². The fourth-order valence-corrected chi connectivity index (χ4v) is 1.87. The van der Waals surface area contributed by atoms with Crippen molar-refractivity contribution in [2.75, 3.05) is 6.54 Å². The van der Waals surface area contributed by atoms with Crippen molar-refractivity contribution < 1.29 is 4.79 Å². The molecular weight excluding hydrogens is 271 g/mol. The largest absolute Gasteiger partial charge is 0.350 e. The van der Waals surface area contributed by atoms with Crippen LogP contribution in [0.4, 0.5) is 0 Å². The summed E-state index contributed by atoms with van der Waals surface area (Å²) in [7, 11) is 0. The smallest absolute Gasteiger partial charge is 0.220 e. The standard InChI is InChI=1S/C13H18Cl2N2O/c1-8(7-16)5-13(18)17-9(2)10-3-4-11(14)12(15)6-10/h3-4,6,8-9H,5,7,16H2,1-2H3,(H,17,18). The van der Waals surface area contributed by atoms with Crippen LogP contribution in [-0.2, 0) is 4.79 Å². The van der Waals surface area contributed by atoms with Crippen molar-refractivity contribution in [2.24, 2.45) is 11.7 Å². The molecule has 1 aromatic carbocycles. The van der Waals surface area contributed by atoms with Crippen molar-refractivity contribution >= 4 is 29.1 Å². The minimum Gasteiger partial charge on any atom is -0.350 e. The molecule has 0 bridgehead atoms. The Labute approximate surface area is 118 Å². The molecule has 3 N–H and O–H groups in total. The van der Waals surface area contributed by atoms with Crippen molar-refractivity contribution in [3.8, 4) is 0 Å². The van der Waals surface area contributed by atoms with E-state index in [1.54, 1.807) is 12.1 Å². The van der Waals surface area contributed by atoms with Gasteiger partial charge in [0, 0.05) is 6.42 Å². The maximum absolute atomic E-state index is 11.7. The second-order valence-electron chi connectivity index (χ2n) is 4.51. The molecule has 0 heterocycles. The quantitative estimate of drug-likeness (QED) is 0.874. The highest BCUT2D eigenvalue weighted by atomic mass is 35.5. The normalized spacial score (nSPS) is 14.1. The van der Waals surface area contributed by atoms with Gasteiger partial charge >= 0.3 is 0 Å². The maximum atomic E-state index is 11.7. The Kier molecular flexibility index (Phi) is 5.93. The van der Waals surface area contributed by atoms with Crippen LogP contribution in [0.3, 0.4) is 0 Å². The van der Waals surface area contributed by atoms with Crippen molar-refractivity contribution in [1.29, 1.82) is 0 Å². The van der Waals surface area contributed by atoms with Gasteiger partial charge in [0.2, 0.25) is 5.91 Å². The predicted octanol–water partition coefficient (Wildman–Crippen LogP) is 3.16. The Morgan fingerprint density at radius 3 is 2.56 bits per heavy atom. The third kappa shape index (κ3) is 4.48. The number of benzene rings is 1. The van der Waals surface area contributed by atoms with Gasteiger partial charge in [0.1, 0.15) is 0 Å². The van der Waals surface area contributed by atoms with E-state index in [0.29, 0.717) is 23.0 Å². The molecule has 0 radical (unpaired) electrons. The van der Waals surface area contributed by atoms with Crippen LogP contribution in [0.15, 0.2) is 18.2 Å². The summed E-state index contributed by atoms with van der Waals surface area (Å²) in [6, 6.07) is 5.24. The van der Waals surface area contributed by atoms with Crippen molar-refractivity contribution in [3.05, 3.63) is 33.8 Å². The first-order valence-corrected chi connectivity index (χ1v) is 6.64. The van der Waals surface area contributed by atoms with Gasteiger partial charge in [-0.3, -0.25) is 4.79 Å². The van der Waals surface area contributed by atoms with Gasteiger partial charge in [0.05, 0.1) is 16.1 Å². The van der Waals surface area contributed by atoms with E-state index in [-0.39, 0.29) is 17.9 Å². The molecule has 2 unspecified atom stereocenters. The summed E-state index contributed by atoms with van der Waals surface area (Å²) >= 11 is 11.8. The van der Waals surface area contributed by atoms with Crippen molar-refractivity contribution in [1.82, 2.24) is 5.32 Å². The Bertz CT molecular complexity index is 423. The average Bonchev–Trinajstić information content (AvgIpc) is 2.32. The van der Waals surface area contributed by atoms with E-state index in [9.17, 15) is 4.79 Å². The number of nitrogens with one attached hydrogen (secondary N) is 1. The maximum Gasteiger partial charge on any atom is 0.220 e. The molecule has 0 aliphatic heterocycles. The Morgan fingerprint density at radius 2 is 2.00 bits per heavy atom. The number of rotatable bonds is 5. The second kappa shape index (κ2) is 6.98. The second-order valence-corrected chi connectivity index (χ2v) is 5.32. The van der Waals surface area contributed by atoms with E-state index < -0.39 is 0 Å². The van der Waals surface area contributed by atoms with E-state index in [2.05, 4.69) is 5.32 Å². The SMILES string of the molecule is CC(CN)CC(=O)NC(C)c1ccc(Cl)c(Cl)c1. The van der Waals surface area contributed by atoms with Crippen LogP contribution in [0.5, 0.6) is 0 Å². The molecule has 0 spiro atoms. The minimum absolute atomic E-state index is 0.00785. The highest BCUT2D eigenvalue weighted by Crippen LogP contribution is 2.25. The lowest BCUT2D eigenvalue weighted by Gasteiger charge is -2.16. The van der Waals surface area contributed by atoms with Crippen molar-refractivity contribution in [3.63, 3.8) is 0 Å². The summed E-state index contributed by atoms with van der Waals surface area (Å²) in [4.78, 5) is 11.7. The third-order valence-corrected chi connectivity index (χ3v) is 3.50. The summed E-state index contributed by atoms with van der Waals surface area (Å²) in [6.07, 6.45) is 0.433. The Hall–Kier alpha value is -0.770. The van der Waals surface area contributed by atoms with E-state index in [1.165, 1.54) is 0 Å². The molecule has 5 heteroatoms. The number of amides is 1. The van der Waals surface area contributed by atoms with Crippen LogP contribution in [-0.4, -0.2) is 12.5 Å². The minimum atomic E-state index is -0.0998. The molecule has 1 rings (SSSR count). The lowest BCUT2D eigenvalue weighted by Crippen LogP contribution is -2.29. The predicted molar refractivity (Wildman–Crippen MR) is 75.9 cm³/mol. The molecule has 2 atom stereocenters. The van der Waals surface area contributed by atoms with Gasteiger partial charge in [-0.2, -0.15) is 0 Å². The Morgan fingerprint density at radius 1 is 1.33 bits per heavy atom. The molecule has 0 aliphatic rings. The average molecular weight is 289 g/mol. The highest BCUT2D eigenvalue weighted by molar-refractivity contribution is 6.42. The van der Waals surface area contributed by atoms with E-state index in [4.69, 9.17) is 28.9 Å². The molecule has 18 heavy (non-hydrogen) atoms. The van der Waals surface area contributed by atoms with Crippen LogP contribution in [0, 0.1) is 5.92 Å². The molecule has 1 amide bonds. The van der Waals surface area contributed by atoms with Crippen LogP contribution < -0.4 is 11.1 Å². The topological polar surface area (TPSA) is 55.1 Å². The molecule has 3 nitrogen and oxygen atoms in total. The molecule has 0 aromatic heterocycles. The van der Waals surface area contributed by atoms with Gasteiger partial charge in [0.15, 0.2) is 0 Å².